The molecule has 1 aromatic carbocycles. The van der Waals surface area contributed by atoms with Crippen molar-refractivity contribution in [2.24, 2.45) is 11.1 Å². The van der Waals surface area contributed by atoms with Crippen molar-refractivity contribution >= 4 is 5.91 Å². The van der Waals surface area contributed by atoms with Gasteiger partial charge in [0.15, 0.2) is 0 Å². The van der Waals surface area contributed by atoms with Crippen LogP contribution >= 0.6 is 0 Å². The number of phenols is 1. The highest BCUT2D eigenvalue weighted by molar-refractivity contribution is 5.94. The molecule has 18 heavy (non-hydrogen) atoms. The van der Waals surface area contributed by atoms with Gasteiger partial charge in [0, 0.05) is 12.1 Å². The van der Waals surface area contributed by atoms with Gasteiger partial charge < -0.3 is 16.2 Å². The SMILES string of the molecule is Cc1ccc(C(=O)NCC2(CCN)CC2)cc1O. The van der Waals surface area contributed by atoms with E-state index in [1.54, 1.807) is 19.1 Å². The van der Waals surface area contributed by atoms with Crippen LogP contribution < -0.4 is 11.1 Å². The monoisotopic (exact) mass is 248 g/mol. The highest BCUT2D eigenvalue weighted by atomic mass is 16.3. The lowest BCUT2D eigenvalue weighted by Crippen LogP contribution is -2.31. The Bertz CT molecular complexity index is 453. The highest BCUT2D eigenvalue weighted by Gasteiger charge is 2.41. The molecule has 4 N–H and O–H groups in total. The molecule has 0 bridgehead atoms. The lowest BCUT2D eigenvalue weighted by Gasteiger charge is -2.15. The van der Waals surface area contributed by atoms with E-state index in [2.05, 4.69) is 5.32 Å². The number of aromatic hydroxyl groups is 1. The number of aryl methyl sites for hydroxylation is 1. The van der Waals surface area contributed by atoms with Crippen molar-refractivity contribution in [3.63, 3.8) is 0 Å². The molecule has 0 aromatic heterocycles. The summed E-state index contributed by atoms with van der Waals surface area (Å²) in [6.45, 7) is 3.15. The number of nitrogens with one attached hydrogen (secondary N) is 1. The Labute approximate surface area is 107 Å². The minimum absolute atomic E-state index is 0.131. The lowest BCUT2D eigenvalue weighted by molar-refractivity contribution is 0.0943. The van der Waals surface area contributed by atoms with E-state index >= 15 is 0 Å². The van der Waals surface area contributed by atoms with Crippen LogP contribution in [0.1, 0.15) is 35.2 Å². The summed E-state index contributed by atoms with van der Waals surface area (Å²) in [6, 6.07) is 4.98. The summed E-state index contributed by atoms with van der Waals surface area (Å²) in [4.78, 5) is 11.9. The van der Waals surface area contributed by atoms with Gasteiger partial charge in [-0.25, -0.2) is 0 Å². The second-order valence-corrected chi connectivity index (χ2v) is 5.22. The predicted molar refractivity (Wildman–Crippen MR) is 70.5 cm³/mol. The maximum Gasteiger partial charge on any atom is 0.251 e. The largest absolute Gasteiger partial charge is 0.508 e. The van der Waals surface area contributed by atoms with E-state index in [1.165, 1.54) is 6.07 Å². The number of benzene rings is 1. The Morgan fingerprint density at radius 2 is 2.22 bits per heavy atom. The van der Waals surface area contributed by atoms with Crippen LogP contribution in [0.2, 0.25) is 0 Å². The standard InChI is InChI=1S/C14H20N2O2/c1-10-2-3-11(8-12(10)17)13(18)16-9-14(4-5-14)6-7-15/h2-3,8,17H,4-7,9,15H2,1H3,(H,16,18). The minimum Gasteiger partial charge on any atom is -0.508 e. The zero-order chi connectivity index (χ0) is 13.2. The minimum atomic E-state index is -0.131. The Kier molecular flexibility index (Phi) is 3.57. The molecular weight excluding hydrogens is 228 g/mol. The van der Waals surface area contributed by atoms with Gasteiger partial charge in [0.05, 0.1) is 0 Å². The normalized spacial score (nSPS) is 16.3. The van der Waals surface area contributed by atoms with Gasteiger partial charge >= 0.3 is 0 Å². The number of hydrogen-bond acceptors (Lipinski definition) is 3. The van der Waals surface area contributed by atoms with Crippen LogP contribution in [0, 0.1) is 12.3 Å². The van der Waals surface area contributed by atoms with Crippen LogP contribution in [0.25, 0.3) is 0 Å². The fraction of sp³-hybridized carbons (Fsp3) is 0.500. The predicted octanol–water partition coefficient (Wildman–Crippen LogP) is 1.56. The molecule has 0 aliphatic heterocycles. The number of carbonyl (C=O) groups is 1. The average Bonchev–Trinajstić information content (AvgIpc) is 3.11. The van der Waals surface area contributed by atoms with Crippen molar-refractivity contribution < 1.29 is 9.90 Å². The molecule has 1 aliphatic rings. The number of hydrogen-bond donors (Lipinski definition) is 3. The van der Waals surface area contributed by atoms with Crippen molar-refractivity contribution in [3.05, 3.63) is 29.3 Å². The number of phenolic OH excluding ortho intramolecular Hbond substituents is 1. The Balaban J connectivity index is 1.93. The van der Waals surface area contributed by atoms with Crippen molar-refractivity contribution in [1.82, 2.24) is 5.32 Å². The van der Waals surface area contributed by atoms with Gasteiger partial charge in [0.1, 0.15) is 5.75 Å². The number of amides is 1. The maximum absolute atomic E-state index is 11.9. The smallest absolute Gasteiger partial charge is 0.251 e. The molecule has 0 spiro atoms. The first-order chi connectivity index (χ1) is 8.56. The van der Waals surface area contributed by atoms with E-state index in [9.17, 15) is 9.90 Å². The third kappa shape index (κ3) is 2.82. The van der Waals surface area contributed by atoms with Crippen LogP contribution in [0.5, 0.6) is 5.75 Å². The molecule has 1 fully saturated rings. The van der Waals surface area contributed by atoms with E-state index in [4.69, 9.17) is 5.73 Å². The molecule has 4 nitrogen and oxygen atoms in total. The summed E-state index contributed by atoms with van der Waals surface area (Å²) in [5.41, 5.74) is 7.07. The summed E-state index contributed by atoms with van der Waals surface area (Å²) in [6.07, 6.45) is 3.25. The van der Waals surface area contributed by atoms with Crippen LogP contribution in [0.3, 0.4) is 0 Å². The molecule has 0 saturated heterocycles. The fourth-order valence-electron chi connectivity index (χ4n) is 2.12. The van der Waals surface area contributed by atoms with E-state index < -0.39 is 0 Å². The third-order valence-corrected chi connectivity index (χ3v) is 3.73. The zero-order valence-corrected chi connectivity index (χ0v) is 10.7. The molecule has 1 aliphatic carbocycles. The van der Waals surface area contributed by atoms with E-state index in [0.29, 0.717) is 18.7 Å². The van der Waals surface area contributed by atoms with E-state index in [-0.39, 0.29) is 17.1 Å². The molecule has 2 rings (SSSR count). The Morgan fingerprint density at radius 1 is 1.50 bits per heavy atom. The molecule has 4 heteroatoms. The molecule has 1 saturated carbocycles. The summed E-state index contributed by atoms with van der Waals surface area (Å²) in [5.74, 6) is 0.0272. The molecular formula is C14H20N2O2. The summed E-state index contributed by atoms with van der Waals surface area (Å²) in [7, 11) is 0. The van der Waals surface area contributed by atoms with Gasteiger partial charge in [-0.1, -0.05) is 6.07 Å². The van der Waals surface area contributed by atoms with Gasteiger partial charge in [-0.2, -0.15) is 0 Å². The molecule has 0 atom stereocenters. The summed E-state index contributed by atoms with van der Waals surface area (Å²) in [5, 5.41) is 12.5. The van der Waals surface area contributed by atoms with Crippen molar-refractivity contribution in [2.75, 3.05) is 13.1 Å². The molecule has 0 unspecified atom stereocenters. The van der Waals surface area contributed by atoms with Gasteiger partial charge in [0.2, 0.25) is 0 Å². The number of carbonyl (C=O) groups excluding carboxylic acids is 1. The first-order valence-corrected chi connectivity index (χ1v) is 6.34. The fourth-order valence-corrected chi connectivity index (χ4v) is 2.12. The second-order valence-electron chi connectivity index (χ2n) is 5.22. The first-order valence-electron chi connectivity index (χ1n) is 6.34. The number of nitrogens with two attached hydrogens (primary N) is 1. The van der Waals surface area contributed by atoms with Crippen LogP contribution in [-0.2, 0) is 0 Å². The van der Waals surface area contributed by atoms with Crippen LogP contribution in [0.15, 0.2) is 18.2 Å². The van der Waals surface area contributed by atoms with Crippen molar-refractivity contribution in [2.45, 2.75) is 26.2 Å². The highest BCUT2D eigenvalue weighted by Crippen LogP contribution is 2.47. The van der Waals surface area contributed by atoms with Gasteiger partial charge in [-0.05, 0) is 55.8 Å². The van der Waals surface area contributed by atoms with Crippen molar-refractivity contribution in [1.29, 1.82) is 0 Å². The third-order valence-electron chi connectivity index (χ3n) is 3.73. The van der Waals surface area contributed by atoms with E-state index in [0.717, 1.165) is 24.8 Å². The summed E-state index contributed by atoms with van der Waals surface area (Å²) >= 11 is 0. The lowest BCUT2D eigenvalue weighted by atomic mass is 10.0. The Morgan fingerprint density at radius 3 is 2.78 bits per heavy atom. The van der Waals surface area contributed by atoms with Gasteiger partial charge in [0.25, 0.3) is 5.91 Å². The molecule has 1 amide bonds. The van der Waals surface area contributed by atoms with Gasteiger partial charge in [-0.15, -0.1) is 0 Å². The molecule has 0 heterocycles. The second kappa shape index (κ2) is 4.98. The molecule has 0 radical (unpaired) electrons. The molecule has 1 aromatic rings. The van der Waals surface area contributed by atoms with Crippen molar-refractivity contribution in [3.8, 4) is 5.75 Å². The average molecular weight is 248 g/mol. The topological polar surface area (TPSA) is 75.4 Å². The van der Waals surface area contributed by atoms with Crippen LogP contribution in [0.4, 0.5) is 0 Å². The van der Waals surface area contributed by atoms with Gasteiger partial charge in [-0.3, -0.25) is 4.79 Å². The van der Waals surface area contributed by atoms with Crippen LogP contribution in [-0.4, -0.2) is 24.1 Å². The Hall–Kier alpha value is -1.55. The zero-order valence-electron chi connectivity index (χ0n) is 10.7. The quantitative estimate of drug-likeness (QED) is 0.740. The molecule has 98 valence electrons. The summed E-state index contributed by atoms with van der Waals surface area (Å²) < 4.78 is 0. The first kappa shape index (κ1) is 12.9. The van der Waals surface area contributed by atoms with E-state index in [1.807, 2.05) is 0 Å². The maximum atomic E-state index is 11.9. The number of rotatable bonds is 5.